The molecule has 3 aromatic heterocycles. The molecule has 8 nitrogen and oxygen atoms in total. The van der Waals surface area contributed by atoms with Crippen molar-refractivity contribution in [1.29, 1.82) is 0 Å². The van der Waals surface area contributed by atoms with Crippen LogP contribution in [0.1, 0.15) is 6.92 Å². The van der Waals surface area contributed by atoms with Gasteiger partial charge in [-0.05, 0) is 19.1 Å². The van der Waals surface area contributed by atoms with E-state index in [4.69, 9.17) is 0 Å². The van der Waals surface area contributed by atoms with Crippen molar-refractivity contribution in [2.45, 2.75) is 18.6 Å². The second-order valence-electron chi connectivity index (χ2n) is 5.05. The summed E-state index contributed by atoms with van der Waals surface area (Å²) in [5.74, 6) is 0.493. The Balaban J connectivity index is 1.73. The minimum absolute atomic E-state index is 0.112. The minimum Gasteiger partial charge on any atom is -0.315 e. The van der Waals surface area contributed by atoms with Gasteiger partial charge in [0, 0.05) is 31.4 Å². The van der Waals surface area contributed by atoms with Gasteiger partial charge < -0.3 is 14.5 Å². The van der Waals surface area contributed by atoms with Crippen LogP contribution in [0.5, 0.6) is 0 Å². The molecule has 0 aliphatic heterocycles. The van der Waals surface area contributed by atoms with Gasteiger partial charge in [-0.25, -0.2) is 4.98 Å². The van der Waals surface area contributed by atoms with E-state index < -0.39 is 0 Å². The summed E-state index contributed by atoms with van der Waals surface area (Å²) in [4.78, 5) is 28.3. The highest BCUT2D eigenvalue weighted by Crippen LogP contribution is 2.21. The number of carbonyl (C=O) groups excluding carboxylic acids is 1. The molecule has 0 radical (unpaired) electrons. The fourth-order valence-corrected chi connectivity index (χ4v) is 3.46. The molecule has 3 aromatic rings. The second-order valence-corrected chi connectivity index (χ2v) is 6.89. The average Bonchev–Trinajstić information content (AvgIpc) is 3.23. The zero-order valence-electron chi connectivity index (χ0n) is 13.7. The monoisotopic (exact) mass is 376 g/mol. The van der Waals surface area contributed by atoms with Crippen LogP contribution >= 0.6 is 23.1 Å². The normalized spacial score (nSPS) is 10.8. The van der Waals surface area contributed by atoms with E-state index in [2.05, 4.69) is 20.5 Å². The van der Waals surface area contributed by atoms with Crippen molar-refractivity contribution in [2.24, 2.45) is 7.05 Å². The van der Waals surface area contributed by atoms with Crippen LogP contribution < -0.4 is 10.9 Å². The van der Waals surface area contributed by atoms with E-state index >= 15 is 0 Å². The Kier molecular flexibility index (Phi) is 5.29. The van der Waals surface area contributed by atoms with Crippen LogP contribution in [-0.4, -0.2) is 36.0 Å². The van der Waals surface area contributed by atoms with E-state index in [1.54, 1.807) is 40.0 Å². The van der Waals surface area contributed by atoms with Gasteiger partial charge in [0.05, 0.1) is 11.3 Å². The third-order valence-corrected chi connectivity index (χ3v) is 5.16. The van der Waals surface area contributed by atoms with Gasteiger partial charge in [-0.2, -0.15) is 0 Å². The average molecular weight is 376 g/mol. The van der Waals surface area contributed by atoms with E-state index in [-0.39, 0.29) is 17.2 Å². The first-order chi connectivity index (χ1) is 12.1. The third kappa shape index (κ3) is 3.80. The highest BCUT2D eigenvalue weighted by atomic mass is 32.2. The summed E-state index contributed by atoms with van der Waals surface area (Å²) < 4.78 is 3.33. The number of pyridine rings is 1. The molecule has 0 aliphatic rings. The van der Waals surface area contributed by atoms with Gasteiger partial charge in [0.1, 0.15) is 0 Å². The number of anilines is 1. The number of carbonyl (C=O) groups is 1. The van der Waals surface area contributed by atoms with Gasteiger partial charge in [-0.15, -0.1) is 21.5 Å². The first kappa shape index (κ1) is 17.4. The topological polar surface area (TPSA) is 94.7 Å². The highest BCUT2D eigenvalue weighted by Gasteiger charge is 2.16. The Labute approximate surface area is 151 Å². The van der Waals surface area contributed by atoms with Gasteiger partial charge in [0.2, 0.25) is 5.91 Å². The molecule has 10 heteroatoms. The summed E-state index contributed by atoms with van der Waals surface area (Å²) in [7, 11) is 1.78. The molecule has 0 atom stereocenters. The molecule has 0 bridgehead atoms. The second kappa shape index (κ2) is 7.62. The lowest BCUT2D eigenvalue weighted by Gasteiger charge is -2.06. The highest BCUT2D eigenvalue weighted by molar-refractivity contribution is 7.99. The van der Waals surface area contributed by atoms with Crippen LogP contribution in [0, 0.1) is 0 Å². The molecule has 3 rings (SSSR count). The predicted octanol–water partition coefficient (Wildman–Crippen LogP) is 1.85. The van der Waals surface area contributed by atoms with E-state index in [1.807, 2.05) is 13.0 Å². The third-order valence-electron chi connectivity index (χ3n) is 3.45. The molecule has 1 amide bonds. The van der Waals surface area contributed by atoms with Gasteiger partial charge >= 0.3 is 0 Å². The van der Waals surface area contributed by atoms with Gasteiger partial charge in [0.25, 0.3) is 5.56 Å². The number of nitrogens with zero attached hydrogens (tertiary/aromatic N) is 5. The SMILES string of the molecule is CCn1cccc(-c2nnc(SCC(=O)Nc3nccs3)n2C)c1=O. The molecule has 0 fully saturated rings. The van der Waals surface area contributed by atoms with Crippen LogP contribution in [0.25, 0.3) is 11.4 Å². The number of rotatable bonds is 6. The van der Waals surface area contributed by atoms with Gasteiger partial charge in [-0.1, -0.05) is 11.8 Å². The van der Waals surface area contributed by atoms with Gasteiger partial charge in [-0.3, -0.25) is 9.59 Å². The molecule has 0 spiro atoms. The van der Waals surface area contributed by atoms with Crippen molar-refractivity contribution in [3.8, 4) is 11.4 Å². The number of amides is 1. The number of aromatic nitrogens is 5. The van der Waals surface area contributed by atoms with Gasteiger partial charge in [0.15, 0.2) is 16.1 Å². The number of nitrogens with one attached hydrogen (secondary N) is 1. The van der Waals surface area contributed by atoms with Crippen molar-refractivity contribution >= 4 is 34.1 Å². The maximum Gasteiger partial charge on any atom is 0.261 e. The van der Waals surface area contributed by atoms with Crippen molar-refractivity contribution in [2.75, 3.05) is 11.1 Å². The zero-order valence-corrected chi connectivity index (χ0v) is 15.3. The van der Waals surface area contributed by atoms with Crippen LogP contribution in [0.15, 0.2) is 39.9 Å². The number of thiazole rings is 1. The van der Waals surface area contributed by atoms with Crippen LogP contribution in [-0.2, 0) is 18.4 Å². The first-order valence-electron chi connectivity index (χ1n) is 7.51. The first-order valence-corrected chi connectivity index (χ1v) is 9.38. The lowest BCUT2D eigenvalue weighted by Crippen LogP contribution is -2.20. The van der Waals surface area contributed by atoms with Crippen LogP contribution in [0.3, 0.4) is 0 Å². The number of hydrogen-bond donors (Lipinski definition) is 1. The van der Waals surface area contributed by atoms with Crippen molar-refractivity contribution < 1.29 is 4.79 Å². The molecule has 25 heavy (non-hydrogen) atoms. The fraction of sp³-hybridized carbons (Fsp3) is 0.267. The summed E-state index contributed by atoms with van der Waals surface area (Å²) in [6, 6.07) is 3.53. The van der Waals surface area contributed by atoms with E-state index in [1.165, 1.54) is 23.1 Å². The predicted molar refractivity (Wildman–Crippen MR) is 97.8 cm³/mol. The van der Waals surface area contributed by atoms with E-state index in [9.17, 15) is 9.59 Å². The summed E-state index contributed by atoms with van der Waals surface area (Å²) >= 11 is 2.61. The van der Waals surface area contributed by atoms with Crippen LogP contribution in [0.4, 0.5) is 5.13 Å². The summed E-state index contributed by atoms with van der Waals surface area (Å²) in [5, 5.41) is 13.8. The Bertz CT molecular complexity index is 932. The van der Waals surface area contributed by atoms with E-state index in [0.29, 0.717) is 28.2 Å². The molecule has 0 unspecified atom stereocenters. The van der Waals surface area contributed by atoms with E-state index in [0.717, 1.165) is 0 Å². The fourth-order valence-electron chi connectivity index (χ4n) is 2.20. The zero-order chi connectivity index (χ0) is 17.8. The molecule has 0 aliphatic carbocycles. The number of aryl methyl sites for hydroxylation is 1. The molecule has 0 aromatic carbocycles. The number of thioether (sulfide) groups is 1. The Morgan fingerprint density at radius 1 is 1.40 bits per heavy atom. The maximum absolute atomic E-state index is 12.4. The maximum atomic E-state index is 12.4. The summed E-state index contributed by atoms with van der Waals surface area (Å²) in [5.41, 5.74) is 0.372. The lowest BCUT2D eigenvalue weighted by atomic mass is 10.2. The van der Waals surface area contributed by atoms with Crippen LogP contribution in [0.2, 0.25) is 0 Å². The Morgan fingerprint density at radius 2 is 2.24 bits per heavy atom. The molecule has 1 N–H and O–H groups in total. The Morgan fingerprint density at radius 3 is 2.96 bits per heavy atom. The quantitative estimate of drug-likeness (QED) is 0.660. The largest absolute Gasteiger partial charge is 0.315 e. The molecule has 3 heterocycles. The van der Waals surface area contributed by atoms with Crippen molar-refractivity contribution in [3.05, 3.63) is 40.3 Å². The molecule has 130 valence electrons. The standard InChI is InChI=1S/C15H16N6O2S2/c1-3-21-7-4-5-10(13(21)23)12-18-19-15(20(12)2)25-9-11(22)17-14-16-6-8-24-14/h4-8H,3,9H2,1-2H3,(H,16,17,22). The van der Waals surface area contributed by atoms with Crippen molar-refractivity contribution in [3.63, 3.8) is 0 Å². The molecule has 0 saturated carbocycles. The summed E-state index contributed by atoms with van der Waals surface area (Å²) in [6.45, 7) is 2.49. The lowest BCUT2D eigenvalue weighted by molar-refractivity contribution is -0.113. The smallest absolute Gasteiger partial charge is 0.261 e. The minimum atomic E-state index is -0.169. The number of hydrogen-bond acceptors (Lipinski definition) is 7. The molecule has 0 saturated heterocycles. The molecular weight excluding hydrogens is 360 g/mol. The van der Waals surface area contributed by atoms with Crippen molar-refractivity contribution in [1.82, 2.24) is 24.3 Å². The molecular formula is C15H16N6O2S2. The Hall–Kier alpha value is -2.46. The summed E-state index contributed by atoms with van der Waals surface area (Å²) in [6.07, 6.45) is 3.37.